The number of carbonyl (C=O) groups excluding carboxylic acids is 2. The van der Waals surface area contributed by atoms with Crippen LogP contribution in [0.5, 0.6) is 0 Å². The van der Waals surface area contributed by atoms with Crippen LogP contribution in [0.15, 0.2) is 30.3 Å². The summed E-state index contributed by atoms with van der Waals surface area (Å²) in [6, 6.07) is 9.80. The lowest BCUT2D eigenvalue weighted by atomic mass is 10.1. The second-order valence-electron chi connectivity index (χ2n) is 4.69. The van der Waals surface area contributed by atoms with Crippen molar-refractivity contribution >= 4 is 11.9 Å². The van der Waals surface area contributed by atoms with E-state index in [-0.39, 0.29) is 0 Å². The zero-order chi connectivity index (χ0) is 14.6. The second-order valence-corrected chi connectivity index (χ2v) is 4.69. The van der Waals surface area contributed by atoms with Crippen LogP contribution in [0.2, 0.25) is 0 Å². The van der Waals surface area contributed by atoms with Gasteiger partial charge in [0.25, 0.3) is 0 Å². The van der Waals surface area contributed by atoms with Gasteiger partial charge in [0.05, 0.1) is 6.61 Å². The Morgan fingerprint density at radius 1 is 1.10 bits per heavy atom. The third-order valence-corrected chi connectivity index (χ3v) is 2.96. The third kappa shape index (κ3) is 6.92. The van der Waals surface area contributed by atoms with Gasteiger partial charge < -0.3 is 10.1 Å². The summed E-state index contributed by atoms with van der Waals surface area (Å²) in [5.74, 6) is -1.44. The van der Waals surface area contributed by atoms with Crippen LogP contribution in [0.3, 0.4) is 0 Å². The minimum atomic E-state index is -0.783. The number of carbonyl (C=O) groups is 2. The van der Waals surface area contributed by atoms with E-state index in [2.05, 4.69) is 12.2 Å². The number of esters is 1. The van der Waals surface area contributed by atoms with Crippen molar-refractivity contribution < 1.29 is 14.3 Å². The molecule has 0 bridgehead atoms. The molecule has 1 rings (SSSR count). The molecule has 4 heteroatoms. The maximum absolute atomic E-state index is 11.5. The normalized spacial score (nSPS) is 10.1. The molecule has 0 radical (unpaired) electrons. The van der Waals surface area contributed by atoms with Crippen LogP contribution in [-0.2, 0) is 20.7 Å². The number of ether oxygens (including phenoxy) is 1. The van der Waals surface area contributed by atoms with Gasteiger partial charge in [0.15, 0.2) is 0 Å². The Labute approximate surface area is 120 Å². The van der Waals surface area contributed by atoms with Gasteiger partial charge in [-0.05, 0) is 18.4 Å². The summed E-state index contributed by atoms with van der Waals surface area (Å²) in [5, 5.41) is 2.57. The third-order valence-electron chi connectivity index (χ3n) is 2.96. The zero-order valence-corrected chi connectivity index (χ0v) is 12.1. The van der Waals surface area contributed by atoms with Gasteiger partial charge >= 0.3 is 11.9 Å². The predicted octanol–water partition coefficient (Wildman–Crippen LogP) is 2.47. The number of amides is 1. The summed E-state index contributed by atoms with van der Waals surface area (Å²) in [5.41, 5.74) is 1.13. The molecule has 20 heavy (non-hydrogen) atoms. The molecule has 0 aliphatic carbocycles. The number of hydrogen-bond acceptors (Lipinski definition) is 3. The number of hydrogen-bond donors (Lipinski definition) is 1. The van der Waals surface area contributed by atoms with Crippen LogP contribution in [0.25, 0.3) is 0 Å². The molecule has 4 nitrogen and oxygen atoms in total. The molecule has 0 aromatic heterocycles. The van der Waals surface area contributed by atoms with Crippen molar-refractivity contribution in [2.24, 2.45) is 0 Å². The minimum Gasteiger partial charge on any atom is -0.459 e. The summed E-state index contributed by atoms with van der Waals surface area (Å²) < 4.78 is 4.90. The molecule has 1 aromatic carbocycles. The highest BCUT2D eigenvalue weighted by Crippen LogP contribution is 1.99. The Morgan fingerprint density at radius 3 is 2.55 bits per heavy atom. The summed E-state index contributed by atoms with van der Waals surface area (Å²) in [7, 11) is 0. The van der Waals surface area contributed by atoms with E-state index >= 15 is 0 Å². The van der Waals surface area contributed by atoms with E-state index in [1.54, 1.807) is 0 Å². The van der Waals surface area contributed by atoms with Gasteiger partial charge in [0.1, 0.15) is 0 Å². The lowest BCUT2D eigenvalue weighted by Crippen LogP contribution is -2.34. The van der Waals surface area contributed by atoms with Gasteiger partial charge in [0, 0.05) is 6.54 Å². The lowest BCUT2D eigenvalue weighted by Gasteiger charge is -2.06. The maximum Gasteiger partial charge on any atom is 0.396 e. The Morgan fingerprint density at radius 2 is 1.85 bits per heavy atom. The molecule has 1 amide bonds. The summed E-state index contributed by atoms with van der Waals surface area (Å²) >= 11 is 0. The molecular weight excluding hydrogens is 254 g/mol. The van der Waals surface area contributed by atoms with Crippen LogP contribution in [-0.4, -0.2) is 25.0 Å². The highest BCUT2D eigenvalue weighted by Gasteiger charge is 2.13. The van der Waals surface area contributed by atoms with E-state index in [0.29, 0.717) is 19.6 Å². The Bertz CT molecular complexity index is 403. The van der Waals surface area contributed by atoms with Gasteiger partial charge in [-0.15, -0.1) is 0 Å². The van der Waals surface area contributed by atoms with Gasteiger partial charge in [-0.1, -0.05) is 56.5 Å². The van der Waals surface area contributed by atoms with Crippen LogP contribution < -0.4 is 5.32 Å². The van der Waals surface area contributed by atoms with Gasteiger partial charge in [-0.3, -0.25) is 4.79 Å². The van der Waals surface area contributed by atoms with Crippen molar-refractivity contribution in [1.82, 2.24) is 5.32 Å². The van der Waals surface area contributed by atoms with Crippen molar-refractivity contribution in [3.8, 4) is 0 Å². The number of rotatable bonds is 8. The number of nitrogens with one attached hydrogen (secondary N) is 1. The molecule has 0 saturated carbocycles. The van der Waals surface area contributed by atoms with Crippen LogP contribution >= 0.6 is 0 Å². The molecule has 0 spiro atoms. The number of unbranched alkanes of at least 4 members (excludes halogenated alkanes) is 3. The van der Waals surface area contributed by atoms with E-state index in [4.69, 9.17) is 4.74 Å². The average Bonchev–Trinajstić information content (AvgIpc) is 2.47. The molecule has 0 aliphatic heterocycles. The highest BCUT2D eigenvalue weighted by molar-refractivity contribution is 6.32. The molecule has 0 saturated heterocycles. The van der Waals surface area contributed by atoms with Gasteiger partial charge in [-0.25, -0.2) is 4.79 Å². The molecule has 1 N–H and O–H groups in total. The first-order valence-electron chi connectivity index (χ1n) is 7.23. The Kier molecular flexibility index (Phi) is 8.11. The van der Waals surface area contributed by atoms with E-state index in [1.807, 2.05) is 30.3 Å². The molecule has 0 fully saturated rings. The molecule has 110 valence electrons. The van der Waals surface area contributed by atoms with Gasteiger partial charge in [-0.2, -0.15) is 0 Å². The first-order valence-corrected chi connectivity index (χ1v) is 7.23. The summed E-state index contributed by atoms with van der Waals surface area (Å²) in [6.07, 6.45) is 4.81. The van der Waals surface area contributed by atoms with Crippen molar-refractivity contribution in [3.05, 3.63) is 35.9 Å². The predicted molar refractivity (Wildman–Crippen MR) is 78.3 cm³/mol. The minimum absolute atomic E-state index is 0.324. The molecule has 0 aliphatic rings. The standard InChI is InChI=1S/C16H23NO3/c1-2-3-4-8-13-20-16(19)15(18)17-12-11-14-9-6-5-7-10-14/h5-7,9-10H,2-4,8,11-13H2,1H3,(H,17,18). The van der Waals surface area contributed by atoms with Crippen molar-refractivity contribution in [2.45, 2.75) is 39.0 Å². The SMILES string of the molecule is CCCCCCOC(=O)C(=O)NCCc1ccccc1. The second kappa shape index (κ2) is 10.0. The summed E-state index contributed by atoms with van der Waals surface area (Å²) in [6.45, 7) is 2.88. The molecular formula is C16H23NO3. The van der Waals surface area contributed by atoms with E-state index in [1.165, 1.54) is 0 Å². The Balaban J connectivity index is 2.11. The smallest absolute Gasteiger partial charge is 0.396 e. The first-order chi connectivity index (χ1) is 9.74. The van der Waals surface area contributed by atoms with Crippen LogP contribution in [0, 0.1) is 0 Å². The molecule has 0 heterocycles. The number of benzene rings is 1. The van der Waals surface area contributed by atoms with Crippen molar-refractivity contribution in [3.63, 3.8) is 0 Å². The monoisotopic (exact) mass is 277 g/mol. The average molecular weight is 277 g/mol. The highest BCUT2D eigenvalue weighted by atomic mass is 16.5. The largest absolute Gasteiger partial charge is 0.459 e. The zero-order valence-electron chi connectivity index (χ0n) is 12.1. The lowest BCUT2D eigenvalue weighted by molar-refractivity contribution is -0.155. The van der Waals surface area contributed by atoms with E-state index < -0.39 is 11.9 Å². The topological polar surface area (TPSA) is 55.4 Å². The molecule has 0 atom stereocenters. The maximum atomic E-state index is 11.5. The van der Waals surface area contributed by atoms with Crippen molar-refractivity contribution in [2.75, 3.05) is 13.2 Å². The summed E-state index contributed by atoms with van der Waals surface area (Å²) in [4.78, 5) is 22.9. The Hall–Kier alpha value is -1.84. The van der Waals surface area contributed by atoms with Crippen molar-refractivity contribution in [1.29, 1.82) is 0 Å². The van der Waals surface area contributed by atoms with E-state index in [9.17, 15) is 9.59 Å². The fourth-order valence-corrected chi connectivity index (χ4v) is 1.80. The first kappa shape index (κ1) is 16.2. The fraction of sp³-hybridized carbons (Fsp3) is 0.500. The van der Waals surface area contributed by atoms with Gasteiger partial charge in [0.2, 0.25) is 0 Å². The quantitative estimate of drug-likeness (QED) is 0.451. The fourth-order valence-electron chi connectivity index (χ4n) is 1.80. The van der Waals surface area contributed by atoms with Crippen LogP contribution in [0.1, 0.15) is 38.2 Å². The molecule has 1 aromatic rings. The van der Waals surface area contributed by atoms with Crippen LogP contribution in [0.4, 0.5) is 0 Å². The molecule has 0 unspecified atom stereocenters. The van der Waals surface area contributed by atoms with E-state index in [0.717, 1.165) is 31.2 Å².